The topological polar surface area (TPSA) is 479 Å². The molecule has 0 saturated carbocycles. The standard InChI is InChI=1S/C63H81N17O12S/c1-93-26-22-45(77-57(87)43(10-5-24-70-63(67)68)74-52(84)32-71-51(83)28-39-17-16-38-15-14-36-7-4-8-37-18-21-42(39)55(38)54(36)37)59(89)79-48(30-50(65)82)62(92)80-25-6-11-49(80)61(91)72-33-53(85)75-47(29-40-31-69-34-73-40)60(90)76-44(9-2-3-23-64)58(88)78-46(56(66)86)27-35-12-19-41(81)20-13-35/h4,7-8,12-21,31,34,43-49,81H,2-3,5-6,9-11,22-30,32-33,64H2,1H3,(H2,65,82)(H2,66,86)(H,69,73)(H,71,83)(H,72,91)(H,74,84)(H,75,85)(H,76,90)(H,77,87)(H,78,88)(H,79,89)(H4,67,68,70)/t43-,44-,45-,46-,47-,48-,49-/m0/s1. The van der Waals surface area contributed by atoms with E-state index in [4.69, 9.17) is 28.7 Å². The number of rotatable bonds is 36. The van der Waals surface area contributed by atoms with Gasteiger partial charge in [-0.1, -0.05) is 66.7 Å². The van der Waals surface area contributed by atoms with Gasteiger partial charge in [-0.25, -0.2) is 4.98 Å². The number of hydrogen-bond donors (Lipinski definition) is 15. The van der Waals surface area contributed by atoms with Crippen LogP contribution in [0.3, 0.4) is 0 Å². The van der Waals surface area contributed by atoms with Gasteiger partial charge >= 0.3 is 0 Å². The van der Waals surface area contributed by atoms with Crippen LogP contribution in [0.2, 0.25) is 0 Å². The van der Waals surface area contributed by atoms with Crippen LogP contribution in [0.15, 0.2) is 96.4 Å². The van der Waals surface area contributed by atoms with Crippen LogP contribution in [0, 0.1) is 0 Å². The number of guanidine groups is 1. The van der Waals surface area contributed by atoms with Crippen molar-refractivity contribution in [3.8, 4) is 5.75 Å². The fourth-order valence-corrected chi connectivity index (χ4v) is 11.6. The molecule has 1 fully saturated rings. The van der Waals surface area contributed by atoms with Gasteiger partial charge in [0.25, 0.3) is 0 Å². The third-order valence-corrected chi connectivity index (χ3v) is 16.4. The van der Waals surface area contributed by atoms with Crippen molar-refractivity contribution in [2.45, 2.75) is 119 Å². The van der Waals surface area contributed by atoms with E-state index in [0.717, 1.165) is 42.8 Å². The summed E-state index contributed by atoms with van der Waals surface area (Å²) < 4.78 is 0. The number of phenols is 1. The molecule has 6 aromatic rings. The summed E-state index contributed by atoms with van der Waals surface area (Å²) in [5.41, 5.74) is 29.8. The minimum absolute atomic E-state index is 0.00791. The van der Waals surface area contributed by atoms with Crippen molar-refractivity contribution in [3.05, 3.63) is 108 Å². The Kier molecular flexibility index (Phi) is 26.0. The Bertz CT molecular complexity index is 3650. The first-order chi connectivity index (χ1) is 44.6. The largest absolute Gasteiger partial charge is 0.508 e. The molecule has 0 spiro atoms. The van der Waals surface area contributed by atoms with Gasteiger partial charge in [-0.05, 0) is 125 Å². The van der Waals surface area contributed by atoms with Gasteiger partial charge in [0.05, 0.1) is 32.3 Å². The van der Waals surface area contributed by atoms with Crippen LogP contribution in [0.5, 0.6) is 5.75 Å². The molecule has 2 heterocycles. The zero-order chi connectivity index (χ0) is 67.1. The van der Waals surface area contributed by atoms with Crippen molar-refractivity contribution in [3.63, 3.8) is 0 Å². The number of aliphatic imine (C=N–C) groups is 1. The van der Waals surface area contributed by atoms with Crippen molar-refractivity contribution in [2.24, 2.45) is 33.7 Å². The number of nitrogens with zero attached hydrogens (tertiary/aromatic N) is 3. The number of amides is 11. The average Bonchev–Trinajstić information content (AvgIpc) is 1.13. The van der Waals surface area contributed by atoms with E-state index in [0.29, 0.717) is 36.3 Å². The summed E-state index contributed by atoms with van der Waals surface area (Å²) in [6.45, 7) is -0.849. The Morgan fingerprint density at radius 3 is 1.88 bits per heavy atom. The van der Waals surface area contributed by atoms with Crippen molar-refractivity contribution in [2.75, 3.05) is 44.7 Å². The average molecular weight is 1300 g/mol. The van der Waals surface area contributed by atoms with Gasteiger partial charge in [-0.15, -0.1) is 0 Å². The highest BCUT2D eigenvalue weighted by Crippen LogP contribution is 2.36. The molecule has 1 aliphatic heterocycles. The number of imidazole rings is 1. The quantitative estimate of drug-likeness (QED) is 0.00918. The number of nitrogens with one attached hydrogen (secondary N) is 9. The third-order valence-electron chi connectivity index (χ3n) is 15.8. The highest BCUT2D eigenvalue weighted by Gasteiger charge is 2.40. The maximum atomic E-state index is 14.4. The smallest absolute Gasteiger partial charge is 0.246 e. The van der Waals surface area contributed by atoms with Crippen molar-refractivity contribution >= 4 is 115 Å². The Morgan fingerprint density at radius 2 is 1.25 bits per heavy atom. The fraction of sp³-hybridized carbons (Fsp3) is 0.413. The minimum atomic E-state index is -1.63. The SMILES string of the molecule is CSCC[C@H](NC(=O)[C@H](CCCN=C(N)N)NC(=O)CNC(=O)Cc1ccc2ccc3cccc4ccc1c2c34)C(=O)N[C@@H](CC(N)=O)C(=O)N1CCC[C@H]1C(=O)NCC(=O)N[C@@H](Cc1cnc[nH]1)C(=O)N[C@@H](CCCCN)C(=O)N[C@@H](Cc1ccc(O)cc1)C(N)=O. The number of aromatic hydroxyl groups is 1. The van der Waals surface area contributed by atoms with Crippen LogP contribution >= 0.6 is 11.8 Å². The molecular weight excluding hydrogens is 1220 g/mol. The molecule has 0 unspecified atom stereocenters. The van der Waals surface area contributed by atoms with Gasteiger partial charge in [0.15, 0.2) is 5.96 Å². The highest BCUT2D eigenvalue weighted by molar-refractivity contribution is 7.98. The van der Waals surface area contributed by atoms with Gasteiger partial charge < -0.3 is 86.2 Å². The first-order valence-corrected chi connectivity index (χ1v) is 31.9. The summed E-state index contributed by atoms with van der Waals surface area (Å²) in [7, 11) is 0. The Morgan fingerprint density at radius 1 is 0.656 bits per heavy atom. The van der Waals surface area contributed by atoms with Gasteiger partial charge in [0, 0.05) is 37.8 Å². The number of H-pyrrole nitrogens is 1. The number of aromatic nitrogens is 2. The fourth-order valence-electron chi connectivity index (χ4n) is 11.1. The van der Waals surface area contributed by atoms with Crippen LogP contribution in [0.4, 0.5) is 0 Å². The second-order valence-electron chi connectivity index (χ2n) is 22.7. The first-order valence-electron chi connectivity index (χ1n) is 30.5. The molecule has 7 rings (SSSR count). The molecule has 0 radical (unpaired) electrons. The number of benzene rings is 5. The summed E-state index contributed by atoms with van der Waals surface area (Å²) in [4.78, 5) is 162. The molecule has 7 atom stereocenters. The van der Waals surface area contributed by atoms with E-state index in [2.05, 4.69) is 63.6 Å². The summed E-state index contributed by atoms with van der Waals surface area (Å²) >= 11 is 1.34. The zero-order valence-electron chi connectivity index (χ0n) is 51.5. The number of aromatic amines is 1. The van der Waals surface area contributed by atoms with E-state index in [1.807, 2.05) is 48.5 Å². The number of thioether (sulfide) groups is 1. The number of unbranched alkanes of at least 4 members (excludes halogenated alkanes) is 1. The van der Waals surface area contributed by atoms with Gasteiger partial charge in [-0.2, -0.15) is 11.8 Å². The van der Waals surface area contributed by atoms with E-state index in [1.54, 1.807) is 18.4 Å². The van der Waals surface area contributed by atoms with Crippen LogP contribution in [-0.2, 0) is 72.0 Å². The minimum Gasteiger partial charge on any atom is -0.508 e. The lowest BCUT2D eigenvalue weighted by molar-refractivity contribution is -0.143. The molecule has 1 aromatic heterocycles. The number of carbonyl (C=O) groups excluding carboxylic acids is 11. The van der Waals surface area contributed by atoms with Crippen LogP contribution in [0.1, 0.15) is 74.6 Å². The molecule has 29 nitrogen and oxygen atoms in total. The first kappa shape index (κ1) is 70.4. The van der Waals surface area contributed by atoms with Gasteiger partial charge in [-0.3, -0.25) is 57.7 Å². The normalized spacial score (nSPS) is 14.8. The van der Waals surface area contributed by atoms with Crippen LogP contribution in [0.25, 0.3) is 32.3 Å². The van der Waals surface area contributed by atoms with Crippen molar-refractivity contribution < 1.29 is 57.8 Å². The summed E-state index contributed by atoms with van der Waals surface area (Å²) in [5.74, 6) is -8.66. The summed E-state index contributed by atoms with van der Waals surface area (Å²) in [6.07, 6.45) is 5.13. The third kappa shape index (κ3) is 20.4. The molecular formula is C63H81N17O12S. The predicted molar refractivity (Wildman–Crippen MR) is 349 cm³/mol. The Labute approximate surface area is 539 Å². The van der Waals surface area contributed by atoms with E-state index >= 15 is 0 Å². The lowest BCUT2D eigenvalue weighted by atomic mass is 9.91. The maximum absolute atomic E-state index is 14.4. The maximum Gasteiger partial charge on any atom is 0.246 e. The number of hydrogen-bond acceptors (Lipinski definition) is 16. The second-order valence-corrected chi connectivity index (χ2v) is 23.7. The van der Waals surface area contributed by atoms with Crippen molar-refractivity contribution in [1.82, 2.24) is 57.4 Å². The number of nitrogens with two attached hydrogens (primary N) is 5. The van der Waals surface area contributed by atoms with E-state index in [-0.39, 0.29) is 82.7 Å². The van der Waals surface area contributed by atoms with Gasteiger partial charge in [0.1, 0.15) is 48.0 Å². The predicted octanol–water partition coefficient (Wildman–Crippen LogP) is -1.53. The van der Waals surface area contributed by atoms with Gasteiger partial charge in [0.2, 0.25) is 65.0 Å². The van der Waals surface area contributed by atoms with Crippen LogP contribution in [-0.4, -0.2) is 178 Å². The molecule has 30 heteroatoms. The number of primary amides is 2. The molecule has 93 heavy (non-hydrogen) atoms. The number of carbonyl (C=O) groups is 11. The molecule has 1 aliphatic rings. The molecule has 20 N–H and O–H groups in total. The lowest BCUT2D eigenvalue weighted by Gasteiger charge is -2.30. The Hall–Kier alpha value is -10.1. The van der Waals surface area contributed by atoms with Crippen molar-refractivity contribution in [1.29, 1.82) is 0 Å². The van der Waals surface area contributed by atoms with E-state index < -0.39 is 127 Å². The lowest BCUT2D eigenvalue weighted by Crippen LogP contribution is -2.59. The number of phenolic OH excluding ortho intramolecular Hbond substituents is 1. The van der Waals surface area contributed by atoms with E-state index in [1.165, 1.54) is 36.4 Å². The molecule has 11 amide bonds. The molecule has 496 valence electrons. The zero-order valence-corrected chi connectivity index (χ0v) is 52.3. The molecule has 0 aliphatic carbocycles. The Balaban J connectivity index is 0.965. The van der Waals surface area contributed by atoms with E-state index in [9.17, 15) is 57.8 Å². The van der Waals surface area contributed by atoms with Crippen LogP contribution < -0.4 is 71.2 Å². The monoisotopic (exact) mass is 1300 g/mol. The second kappa shape index (κ2) is 34.4. The summed E-state index contributed by atoms with van der Waals surface area (Å²) in [6, 6.07) is 14.6. The molecule has 0 bridgehead atoms. The molecule has 1 saturated heterocycles. The number of likely N-dealkylation sites (tertiary alicyclic amines) is 1. The highest BCUT2D eigenvalue weighted by atomic mass is 32.2. The molecule has 5 aromatic carbocycles. The summed E-state index contributed by atoms with van der Waals surface area (Å²) in [5, 5.41) is 36.7.